The van der Waals surface area contributed by atoms with Crippen molar-refractivity contribution in [2.45, 2.75) is 45.2 Å². The van der Waals surface area contributed by atoms with Crippen LogP contribution in [0.1, 0.15) is 43.4 Å². The van der Waals surface area contributed by atoms with E-state index in [9.17, 15) is 0 Å². The highest BCUT2D eigenvalue weighted by Gasteiger charge is 2.15. The summed E-state index contributed by atoms with van der Waals surface area (Å²) < 4.78 is 5.49. The molecule has 1 aliphatic heterocycles. The van der Waals surface area contributed by atoms with Crippen molar-refractivity contribution < 1.29 is 4.74 Å². The topological polar surface area (TPSA) is 21.3 Å². The highest BCUT2D eigenvalue weighted by atomic mass is 16.5. The molecule has 1 heterocycles. The third-order valence-corrected chi connectivity index (χ3v) is 3.48. The normalized spacial score (nSPS) is 23.1. The fraction of sp³-hybridized carbons (Fsp3) is 0.600. The predicted molar refractivity (Wildman–Crippen MR) is 71.2 cm³/mol. The van der Waals surface area contributed by atoms with Crippen molar-refractivity contribution in [3.63, 3.8) is 0 Å². The summed E-state index contributed by atoms with van der Waals surface area (Å²) in [4.78, 5) is 0. The molecule has 0 radical (unpaired) electrons. The van der Waals surface area contributed by atoms with Gasteiger partial charge >= 0.3 is 0 Å². The average molecular weight is 233 g/mol. The van der Waals surface area contributed by atoms with Gasteiger partial charge in [0.05, 0.1) is 0 Å². The molecule has 1 saturated heterocycles. The Morgan fingerprint density at radius 1 is 1.29 bits per heavy atom. The summed E-state index contributed by atoms with van der Waals surface area (Å²) in [6, 6.07) is 9.79. The fourth-order valence-electron chi connectivity index (χ4n) is 2.46. The molecule has 17 heavy (non-hydrogen) atoms. The van der Waals surface area contributed by atoms with Crippen LogP contribution in [-0.2, 0) is 4.74 Å². The van der Waals surface area contributed by atoms with Crippen LogP contribution >= 0.6 is 0 Å². The van der Waals surface area contributed by atoms with Crippen molar-refractivity contribution in [2.24, 2.45) is 0 Å². The Balaban J connectivity index is 1.93. The molecular weight excluding hydrogens is 210 g/mol. The Morgan fingerprint density at radius 3 is 3.00 bits per heavy atom. The molecule has 1 N–H and O–H groups in total. The predicted octanol–water partition coefficient (Wildman–Crippen LogP) is 3.21. The zero-order valence-corrected chi connectivity index (χ0v) is 10.9. The third kappa shape index (κ3) is 3.83. The van der Waals surface area contributed by atoms with Crippen LogP contribution in [0.15, 0.2) is 24.3 Å². The van der Waals surface area contributed by atoms with Gasteiger partial charge < -0.3 is 10.1 Å². The maximum atomic E-state index is 5.49. The van der Waals surface area contributed by atoms with Crippen LogP contribution in [0.25, 0.3) is 0 Å². The van der Waals surface area contributed by atoms with E-state index >= 15 is 0 Å². The molecule has 2 heteroatoms. The first kappa shape index (κ1) is 12.6. The molecule has 0 saturated carbocycles. The van der Waals surface area contributed by atoms with Gasteiger partial charge in [-0.3, -0.25) is 0 Å². The zero-order valence-electron chi connectivity index (χ0n) is 10.9. The summed E-state index contributed by atoms with van der Waals surface area (Å²) in [6.07, 6.45) is 3.55. The molecule has 2 rings (SSSR count). The average Bonchev–Trinajstić information content (AvgIpc) is 2.57. The molecule has 1 aromatic carbocycles. The largest absolute Gasteiger partial charge is 0.381 e. The zero-order chi connectivity index (χ0) is 12.1. The van der Waals surface area contributed by atoms with E-state index in [1.807, 2.05) is 0 Å². The Kier molecular flexibility index (Phi) is 4.57. The van der Waals surface area contributed by atoms with Crippen LogP contribution in [0.5, 0.6) is 0 Å². The summed E-state index contributed by atoms with van der Waals surface area (Å²) in [5.41, 5.74) is 2.72. The summed E-state index contributed by atoms with van der Waals surface area (Å²) in [7, 11) is 0. The Labute approximate surface area is 104 Å². The van der Waals surface area contributed by atoms with E-state index < -0.39 is 0 Å². The monoisotopic (exact) mass is 233 g/mol. The van der Waals surface area contributed by atoms with E-state index in [1.54, 1.807) is 0 Å². The van der Waals surface area contributed by atoms with Crippen molar-refractivity contribution in [3.8, 4) is 0 Å². The Morgan fingerprint density at radius 2 is 2.18 bits per heavy atom. The van der Waals surface area contributed by atoms with Crippen LogP contribution in [0.4, 0.5) is 0 Å². The lowest BCUT2D eigenvalue weighted by molar-refractivity contribution is 0.142. The maximum Gasteiger partial charge on any atom is 0.0480 e. The molecule has 1 unspecified atom stereocenters. The molecule has 0 aliphatic carbocycles. The molecule has 0 bridgehead atoms. The summed E-state index contributed by atoms with van der Waals surface area (Å²) in [5, 5.41) is 3.72. The molecule has 2 nitrogen and oxygen atoms in total. The first-order valence-electron chi connectivity index (χ1n) is 6.66. The molecule has 1 aromatic rings. The number of rotatable bonds is 3. The van der Waals surface area contributed by atoms with Gasteiger partial charge in [-0.05, 0) is 38.7 Å². The van der Waals surface area contributed by atoms with E-state index in [0.29, 0.717) is 12.1 Å². The van der Waals surface area contributed by atoms with Crippen LogP contribution in [-0.4, -0.2) is 19.3 Å². The van der Waals surface area contributed by atoms with Crippen LogP contribution in [0.3, 0.4) is 0 Å². The van der Waals surface area contributed by atoms with Crippen LogP contribution < -0.4 is 5.32 Å². The van der Waals surface area contributed by atoms with Crippen molar-refractivity contribution in [2.75, 3.05) is 13.2 Å². The number of aryl methyl sites for hydroxylation is 1. The standard InChI is InChI=1S/C15H23NO/c1-12-5-3-6-14(11-12)13(2)16-15-7-4-9-17-10-8-15/h3,5-6,11,13,15-16H,4,7-10H2,1-2H3/t13-,15?/m0/s1. The first-order valence-corrected chi connectivity index (χ1v) is 6.66. The van der Waals surface area contributed by atoms with Gasteiger partial charge in [0.25, 0.3) is 0 Å². The second kappa shape index (κ2) is 6.18. The Bertz CT molecular complexity index is 343. The van der Waals surface area contributed by atoms with Gasteiger partial charge in [0.1, 0.15) is 0 Å². The number of nitrogens with one attached hydrogen (secondary N) is 1. The molecule has 0 amide bonds. The van der Waals surface area contributed by atoms with E-state index in [2.05, 4.69) is 43.4 Å². The molecule has 2 atom stereocenters. The molecule has 0 spiro atoms. The van der Waals surface area contributed by atoms with Crippen molar-refractivity contribution >= 4 is 0 Å². The summed E-state index contributed by atoms with van der Waals surface area (Å²) in [5.74, 6) is 0. The smallest absolute Gasteiger partial charge is 0.0480 e. The Hall–Kier alpha value is -0.860. The van der Waals surface area contributed by atoms with Gasteiger partial charge in [-0.1, -0.05) is 29.8 Å². The van der Waals surface area contributed by atoms with Gasteiger partial charge in [0.2, 0.25) is 0 Å². The minimum Gasteiger partial charge on any atom is -0.381 e. The molecule has 0 aromatic heterocycles. The number of benzene rings is 1. The van der Waals surface area contributed by atoms with Gasteiger partial charge in [-0.25, -0.2) is 0 Å². The SMILES string of the molecule is Cc1cccc([C@H](C)NC2CCCOCC2)c1. The van der Waals surface area contributed by atoms with E-state index in [1.165, 1.54) is 24.0 Å². The van der Waals surface area contributed by atoms with E-state index in [4.69, 9.17) is 4.74 Å². The van der Waals surface area contributed by atoms with Crippen molar-refractivity contribution in [3.05, 3.63) is 35.4 Å². The van der Waals surface area contributed by atoms with E-state index in [-0.39, 0.29) is 0 Å². The van der Waals surface area contributed by atoms with Gasteiger partial charge in [-0.2, -0.15) is 0 Å². The summed E-state index contributed by atoms with van der Waals surface area (Å²) in [6.45, 7) is 6.23. The molecule has 94 valence electrons. The number of ether oxygens (including phenoxy) is 1. The van der Waals surface area contributed by atoms with Gasteiger partial charge in [0.15, 0.2) is 0 Å². The van der Waals surface area contributed by atoms with Crippen molar-refractivity contribution in [1.82, 2.24) is 5.32 Å². The molecule has 1 aliphatic rings. The first-order chi connectivity index (χ1) is 8.25. The second-order valence-electron chi connectivity index (χ2n) is 5.04. The number of hydrogen-bond acceptors (Lipinski definition) is 2. The van der Waals surface area contributed by atoms with E-state index in [0.717, 1.165) is 19.6 Å². The third-order valence-electron chi connectivity index (χ3n) is 3.48. The lowest BCUT2D eigenvalue weighted by atomic mass is 10.0. The van der Waals surface area contributed by atoms with Crippen molar-refractivity contribution in [1.29, 1.82) is 0 Å². The fourth-order valence-corrected chi connectivity index (χ4v) is 2.46. The highest BCUT2D eigenvalue weighted by molar-refractivity contribution is 5.24. The minimum atomic E-state index is 0.429. The molecular formula is C15H23NO. The second-order valence-corrected chi connectivity index (χ2v) is 5.04. The molecule has 1 fully saturated rings. The maximum absolute atomic E-state index is 5.49. The highest BCUT2D eigenvalue weighted by Crippen LogP contribution is 2.17. The lowest BCUT2D eigenvalue weighted by Gasteiger charge is -2.22. The van der Waals surface area contributed by atoms with Crippen LogP contribution in [0.2, 0.25) is 0 Å². The number of hydrogen-bond donors (Lipinski definition) is 1. The van der Waals surface area contributed by atoms with Gasteiger partial charge in [0, 0.05) is 25.3 Å². The van der Waals surface area contributed by atoms with Crippen LogP contribution in [0, 0.1) is 6.92 Å². The minimum absolute atomic E-state index is 0.429. The summed E-state index contributed by atoms with van der Waals surface area (Å²) >= 11 is 0. The quantitative estimate of drug-likeness (QED) is 0.865. The van der Waals surface area contributed by atoms with Gasteiger partial charge in [-0.15, -0.1) is 0 Å². The lowest BCUT2D eigenvalue weighted by Crippen LogP contribution is -2.31.